The Labute approximate surface area is 98.0 Å². The van der Waals surface area contributed by atoms with Crippen LogP contribution in [-0.2, 0) is 0 Å². The largest absolute Gasteiger partial charge is 0.234 e. The van der Waals surface area contributed by atoms with Crippen LogP contribution in [0.3, 0.4) is 0 Å². The average molecular weight is 323 g/mol. The molecule has 0 bridgehead atoms. The first-order valence-corrected chi connectivity index (χ1v) is 5.15. The van der Waals surface area contributed by atoms with Crippen LogP contribution in [0.4, 0.5) is 4.39 Å². The summed E-state index contributed by atoms with van der Waals surface area (Å²) in [6.07, 6.45) is 2.86. The van der Waals surface area contributed by atoms with E-state index in [-0.39, 0.29) is 5.82 Å². The molecule has 0 saturated carbocycles. The third-order valence-corrected chi connectivity index (χ3v) is 2.96. The van der Waals surface area contributed by atoms with E-state index in [1.54, 1.807) is 6.20 Å². The van der Waals surface area contributed by atoms with E-state index in [0.717, 1.165) is 9.77 Å². The van der Waals surface area contributed by atoms with Gasteiger partial charge >= 0.3 is 0 Å². The van der Waals surface area contributed by atoms with Crippen LogP contribution in [0.2, 0.25) is 5.15 Å². The molecule has 0 N–H and O–H groups in total. The molecule has 2 rings (SSSR count). The van der Waals surface area contributed by atoms with Crippen LogP contribution in [0.15, 0.2) is 24.5 Å². The van der Waals surface area contributed by atoms with Crippen molar-refractivity contribution < 1.29 is 4.39 Å². The summed E-state index contributed by atoms with van der Waals surface area (Å²) in [5, 5.41) is 4.41. The van der Waals surface area contributed by atoms with Gasteiger partial charge in [0.2, 0.25) is 0 Å². The smallest absolute Gasteiger partial charge is 0.164 e. The highest BCUT2D eigenvalue weighted by Crippen LogP contribution is 2.17. The molecule has 3 nitrogen and oxygen atoms in total. The van der Waals surface area contributed by atoms with E-state index in [1.807, 2.05) is 0 Å². The quantitative estimate of drug-likeness (QED) is 0.756. The van der Waals surface area contributed by atoms with E-state index in [0.29, 0.717) is 11.0 Å². The van der Waals surface area contributed by atoms with Gasteiger partial charge in [-0.1, -0.05) is 11.6 Å². The van der Waals surface area contributed by atoms with Gasteiger partial charge in [0.25, 0.3) is 0 Å². The molecule has 2 aromatic heterocycles. The van der Waals surface area contributed by atoms with Crippen molar-refractivity contribution in [2.75, 3.05) is 0 Å². The van der Waals surface area contributed by atoms with Crippen LogP contribution < -0.4 is 0 Å². The van der Waals surface area contributed by atoms with Gasteiger partial charge in [-0.15, -0.1) is 0 Å². The number of hydrogen-bond acceptors (Lipinski definition) is 2. The first-order chi connectivity index (χ1) is 6.66. The minimum Gasteiger partial charge on any atom is -0.234 e. The fourth-order valence-corrected chi connectivity index (χ4v) is 1.45. The molecule has 0 fully saturated rings. The van der Waals surface area contributed by atoms with Gasteiger partial charge in [-0.2, -0.15) is 5.10 Å². The molecule has 0 aromatic carbocycles. The Kier molecular flexibility index (Phi) is 2.69. The molecule has 0 spiro atoms. The van der Waals surface area contributed by atoms with Gasteiger partial charge in [-0.25, -0.2) is 14.1 Å². The van der Waals surface area contributed by atoms with Gasteiger partial charge < -0.3 is 0 Å². The van der Waals surface area contributed by atoms with Crippen molar-refractivity contribution in [2.24, 2.45) is 0 Å². The molecule has 0 amide bonds. The van der Waals surface area contributed by atoms with Crippen molar-refractivity contribution in [3.63, 3.8) is 0 Å². The highest BCUT2D eigenvalue weighted by molar-refractivity contribution is 14.1. The van der Waals surface area contributed by atoms with Gasteiger partial charge in [0.15, 0.2) is 11.0 Å². The summed E-state index contributed by atoms with van der Waals surface area (Å²) in [5.41, 5.74) is 0. The lowest BCUT2D eigenvalue weighted by molar-refractivity contribution is 0.619. The van der Waals surface area contributed by atoms with Gasteiger partial charge in [0, 0.05) is 6.20 Å². The van der Waals surface area contributed by atoms with E-state index in [9.17, 15) is 4.39 Å². The molecule has 0 radical (unpaired) electrons. The molecule has 0 aliphatic heterocycles. The average Bonchev–Trinajstić information content (AvgIpc) is 2.48. The molecule has 72 valence electrons. The van der Waals surface area contributed by atoms with E-state index < -0.39 is 0 Å². The summed E-state index contributed by atoms with van der Waals surface area (Å²) in [4.78, 5) is 3.87. The van der Waals surface area contributed by atoms with Gasteiger partial charge in [-0.05, 0) is 34.7 Å². The standard InChI is InChI=1S/C8H4ClFIN3/c9-8-6(11)4-14(13-8)7-2-1-5(10)3-12-7/h1-4H. The van der Waals surface area contributed by atoms with E-state index in [1.165, 1.54) is 16.8 Å². The molecule has 2 heterocycles. The second-order valence-electron chi connectivity index (χ2n) is 2.55. The number of rotatable bonds is 1. The van der Waals surface area contributed by atoms with Crippen LogP contribution in [-0.4, -0.2) is 14.8 Å². The van der Waals surface area contributed by atoms with Crippen molar-refractivity contribution in [3.05, 3.63) is 39.1 Å². The maximum absolute atomic E-state index is 12.6. The van der Waals surface area contributed by atoms with Crippen LogP contribution in [0.25, 0.3) is 5.82 Å². The summed E-state index contributed by atoms with van der Waals surface area (Å²) >= 11 is 7.83. The third kappa shape index (κ3) is 1.88. The third-order valence-electron chi connectivity index (χ3n) is 1.57. The number of halogens is 3. The van der Waals surface area contributed by atoms with Crippen LogP contribution in [0.5, 0.6) is 0 Å². The Morgan fingerprint density at radius 2 is 2.21 bits per heavy atom. The first-order valence-electron chi connectivity index (χ1n) is 3.69. The van der Waals surface area contributed by atoms with Crippen LogP contribution in [0.1, 0.15) is 0 Å². The SMILES string of the molecule is Fc1ccc(-n2cc(I)c(Cl)n2)nc1. The fraction of sp³-hybridized carbons (Fsp3) is 0. The normalized spacial score (nSPS) is 10.5. The number of aromatic nitrogens is 3. The van der Waals surface area contributed by atoms with Crippen LogP contribution in [0, 0.1) is 9.39 Å². The van der Waals surface area contributed by atoms with Crippen molar-refractivity contribution in [2.45, 2.75) is 0 Å². The second-order valence-corrected chi connectivity index (χ2v) is 4.07. The predicted molar refractivity (Wildman–Crippen MR) is 59.0 cm³/mol. The van der Waals surface area contributed by atoms with Gasteiger partial charge in [0.1, 0.15) is 5.82 Å². The summed E-state index contributed by atoms with van der Waals surface area (Å²) < 4.78 is 14.9. The lowest BCUT2D eigenvalue weighted by Gasteiger charge is -1.97. The zero-order valence-electron chi connectivity index (χ0n) is 6.78. The minimum absolute atomic E-state index is 0.373. The first kappa shape index (κ1) is 9.85. The minimum atomic E-state index is -0.373. The monoisotopic (exact) mass is 323 g/mol. The number of pyridine rings is 1. The predicted octanol–water partition coefficient (Wildman–Crippen LogP) is 2.66. The number of hydrogen-bond donors (Lipinski definition) is 0. The molecular formula is C8H4ClFIN3. The molecule has 14 heavy (non-hydrogen) atoms. The van der Waals surface area contributed by atoms with Crippen molar-refractivity contribution in [1.29, 1.82) is 0 Å². The summed E-state index contributed by atoms with van der Waals surface area (Å²) in [6, 6.07) is 2.86. The molecule has 2 aromatic rings. The second kappa shape index (κ2) is 3.82. The Morgan fingerprint density at radius 1 is 1.43 bits per heavy atom. The zero-order valence-corrected chi connectivity index (χ0v) is 9.70. The summed E-state index contributed by atoms with van der Waals surface area (Å²) in [6.45, 7) is 0. The molecule has 6 heteroatoms. The molecule has 0 atom stereocenters. The van der Waals surface area contributed by atoms with Gasteiger partial charge in [-0.3, -0.25) is 0 Å². The summed E-state index contributed by atoms with van der Waals surface area (Å²) in [5.74, 6) is 0.165. The summed E-state index contributed by atoms with van der Waals surface area (Å²) in [7, 11) is 0. The highest BCUT2D eigenvalue weighted by Gasteiger charge is 2.05. The fourth-order valence-electron chi connectivity index (χ4n) is 0.953. The Bertz CT molecular complexity index is 435. The Hall–Kier alpha value is -0.690. The zero-order chi connectivity index (χ0) is 10.1. The molecular weight excluding hydrogens is 319 g/mol. The molecule has 0 aliphatic rings. The molecule has 0 aliphatic carbocycles. The topological polar surface area (TPSA) is 30.7 Å². The highest BCUT2D eigenvalue weighted by atomic mass is 127. The van der Waals surface area contributed by atoms with Crippen molar-refractivity contribution >= 4 is 34.2 Å². The van der Waals surface area contributed by atoms with Crippen molar-refractivity contribution in [3.8, 4) is 5.82 Å². The maximum atomic E-state index is 12.6. The van der Waals surface area contributed by atoms with Crippen molar-refractivity contribution in [1.82, 2.24) is 14.8 Å². The Morgan fingerprint density at radius 3 is 2.71 bits per heavy atom. The Balaban J connectivity index is 2.44. The van der Waals surface area contributed by atoms with Gasteiger partial charge in [0.05, 0.1) is 9.77 Å². The maximum Gasteiger partial charge on any atom is 0.164 e. The lowest BCUT2D eigenvalue weighted by Crippen LogP contribution is -1.97. The van der Waals surface area contributed by atoms with E-state index in [4.69, 9.17) is 11.6 Å². The van der Waals surface area contributed by atoms with E-state index in [2.05, 4.69) is 32.7 Å². The molecule has 0 unspecified atom stereocenters. The molecule has 0 saturated heterocycles. The van der Waals surface area contributed by atoms with E-state index >= 15 is 0 Å². The number of nitrogens with zero attached hydrogens (tertiary/aromatic N) is 3. The van der Waals surface area contributed by atoms with Crippen LogP contribution >= 0.6 is 34.2 Å². The lowest BCUT2D eigenvalue weighted by atomic mass is 10.4.